The van der Waals surface area contributed by atoms with Crippen molar-refractivity contribution in [2.75, 3.05) is 6.54 Å². The average Bonchev–Trinajstić information content (AvgIpc) is 3.30. The largest absolute Gasteiger partial charge is 0.480 e. The zero-order valence-electron chi connectivity index (χ0n) is 12.1. The van der Waals surface area contributed by atoms with Crippen molar-refractivity contribution in [3.63, 3.8) is 0 Å². The molecule has 0 spiro atoms. The van der Waals surface area contributed by atoms with Gasteiger partial charge in [0.1, 0.15) is 6.04 Å². The van der Waals surface area contributed by atoms with Gasteiger partial charge in [-0.3, -0.25) is 9.59 Å². The van der Waals surface area contributed by atoms with E-state index in [-0.39, 0.29) is 24.4 Å². The summed E-state index contributed by atoms with van der Waals surface area (Å²) in [5.74, 6) is -1.78. The molecular weight excluding hydrogens is 352 g/mol. The minimum Gasteiger partial charge on any atom is -0.480 e. The van der Waals surface area contributed by atoms with Crippen LogP contribution >= 0.6 is 15.9 Å². The van der Waals surface area contributed by atoms with E-state index in [0.29, 0.717) is 5.56 Å². The molecule has 0 aromatic heterocycles. The summed E-state index contributed by atoms with van der Waals surface area (Å²) in [7, 11) is 0. The number of carboxylic acid groups (broad SMARTS) is 1. The van der Waals surface area contributed by atoms with E-state index in [9.17, 15) is 14.4 Å². The predicted octanol–water partition coefficient (Wildman–Crippen LogP) is 1.64. The van der Waals surface area contributed by atoms with Gasteiger partial charge in [0.2, 0.25) is 5.91 Å². The molecule has 118 valence electrons. The first-order chi connectivity index (χ1) is 10.4. The molecule has 22 heavy (non-hydrogen) atoms. The zero-order valence-corrected chi connectivity index (χ0v) is 13.7. The molecule has 0 heterocycles. The van der Waals surface area contributed by atoms with Crippen molar-refractivity contribution in [1.82, 2.24) is 10.2 Å². The van der Waals surface area contributed by atoms with Crippen LogP contribution < -0.4 is 5.32 Å². The standard InChI is InChI=1S/C15H17BrN2O4/c1-9(15(21)22)18(12-6-7-12)13(19)8-17-14(20)10-2-4-11(16)5-3-10/h2-5,9,12H,6-8H2,1H3,(H,17,20)(H,21,22). The molecule has 6 nitrogen and oxygen atoms in total. The topological polar surface area (TPSA) is 86.7 Å². The lowest BCUT2D eigenvalue weighted by Crippen LogP contribution is -2.48. The van der Waals surface area contributed by atoms with E-state index in [1.807, 2.05) is 0 Å². The van der Waals surface area contributed by atoms with Gasteiger partial charge in [-0.2, -0.15) is 0 Å². The second-order valence-electron chi connectivity index (χ2n) is 5.24. The molecule has 1 fully saturated rings. The maximum absolute atomic E-state index is 12.2. The van der Waals surface area contributed by atoms with Crippen molar-refractivity contribution in [1.29, 1.82) is 0 Å². The fourth-order valence-corrected chi connectivity index (χ4v) is 2.42. The van der Waals surface area contributed by atoms with Gasteiger partial charge in [0.05, 0.1) is 6.54 Å². The molecule has 1 aromatic carbocycles. The van der Waals surface area contributed by atoms with Gasteiger partial charge in [0, 0.05) is 16.1 Å². The normalized spacial score (nSPS) is 15.0. The molecule has 1 atom stereocenters. The summed E-state index contributed by atoms with van der Waals surface area (Å²) in [6.45, 7) is 1.28. The smallest absolute Gasteiger partial charge is 0.326 e. The zero-order chi connectivity index (χ0) is 16.3. The van der Waals surface area contributed by atoms with Crippen LogP contribution in [0, 0.1) is 0 Å². The van der Waals surface area contributed by atoms with Gasteiger partial charge in [-0.15, -0.1) is 0 Å². The lowest BCUT2D eigenvalue weighted by atomic mass is 10.2. The monoisotopic (exact) mass is 368 g/mol. The molecule has 0 bridgehead atoms. The summed E-state index contributed by atoms with van der Waals surface area (Å²) >= 11 is 3.28. The molecule has 2 N–H and O–H groups in total. The minimum atomic E-state index is -1.04. The number of hydrogen-bond donors (Lipinski definition) is 2. The molecule has 1 aromatic rings. The third-order valence-electron chi connectivity index (χ3n) is 3.51. The molecule has 0 aliphatic heterocycles. The molecule has 0 saturated heterocycles. The van der Waals surface area contributed by atoms with Crippen molar-refractivity contribution in [2.45, 2.75) is 31.8 Å². The van der Waals surface area contributed by atoms with Crippen LogP contribution in [-0.2, 0) is 9.59 Å². The maximum Gasteiger partial charge on any atom is 0.326 e. The van der Waals surface area contributed by atoms with Crippen LogP contribution in [0.2, 0.25) is 0 Å². The first kappa shape index (κ1) is 16.5. The van der Waals surface area contributed by atoms with Crippen LogP contribution in [-0.4, -0.2) is 46.4 Å². The van der Waals surface area contributed by atoms with E-state index >= 15 is 0 Å². The molecule has 7 heteroatoms. The van der Waals surface area contributed by atoms with E-state index in [1.165, 1.54) is 11.8 Å². The summed E-state index contributed by atoms with van der Waals surface area (Å²) in [6.07, 6.45) is 1.62. The Balaban J connectivity index is 1.94. The Bertz CT molecular complexity index is 584. The molecule has 1 unspecified atom stereocenters. The Morgan fingerprint density at radius 1 is 1.32 bits per heavy atom. The fourth-order valence-electron chi connectivity index (χ4n) is 2.16. The summed E-state index contributed by atoms with van der Waals surface area (Å²) in [5, 5.41) is 11.6. The molecular formula is C15H17BrN2O4. The fraction of sp³-hybridized carbons (Fsp3) is 0.400. The Kier molecular flexibility index (Phi) is 5.18. The summed E-state index contributed by atoms with van der Waals surface area (Å²) < 4.78 is 0.857. The molecule has 1 aliphatic carbocycles. The number of carboxylic acids is 1. The number of benzene rings is 1. The van der Waals surface area contributed by atoms with E-state index < -0.39 is 12.0 Å². The number of aliphatic carboxylic acids is 1. The van der Waals surface area contributed by atoms with Crippen LogP contribution in [0.5, 0.6) is 0 Å². The second kappa shape index (κ2) is 6.91. The van der Waals surface area contributed by atoms with E-state index in [4.69, 9.17) is 5.11 Å². The highest BCUT2D eigenvalue weighted by atomic mass is 79.9. The number of nitrogens with zero attached hydrogens (tertiary/aromatic N) is 1. The van der Waals surface area contributed by atoms with Gasteiger partial charge in [-0.25, -0.2) is 4.79 Å². The number of carbonyl (C=O) groups excluding carboxylic acids is 2. The lowest BCUT2D eigenvalue weighted by molar-refractivity contribution is -0.149. The predicted molar refractivity (Wildman–Crippen MR) is 83.4 cm³/mol. The highest BCUT2D eigenvalue weighted by Crippen LogP contribution is 2.28. The van der Waals surface area contributed by atoms with Crippen molar-refractivity contribution < 1.29 is 19.5 Å². The average molecular weight is 369 g/mol. The highest BCUT2D eigenvalue weighted by Gasteiger charge is 2.38. The van der Waals surface area contributed by atoms with E-state index in [1.54, 1.807) is 24.3 Å². The van der Waals surface area contributed by atoms with Gasteiger partial charge in [-0.1, -0.05) is 15.9 Å². The number of carbonyl (C=O) groups is 3. The third-order valence-corrected chi connectivity index (χ3v) is 4.04. The van der Waals surface area contributed by atoms with Gasteiger partial charge in [0.25, 0.3) is 5.91 Å². The quantitative estimate of drug-likeness (QED) is 0.798. The minimum absolute atomic E-state index is 0.0248. The summed E-state index contributed by atoms with van der Waals surface area (Å²) in [6, 6.07) is 5.84. The van der Waals surface area contributed by atoms with Crippen molar-refractivity contribution in [2.24, 2.45) is 0 Å². The highest BCUT2D eigenvalue weighted by molar-refractivity contribution is 9.10. The van der Waals surface area contributed by atoms with E-state index in [2.05, 4.69) is 21.2 Å². The number of rotatable bonds is 6. The number of halogens is 1. The SMILES string of the molecule is CC(C(=O)O)N(C(=O)CNC(=O)c1ccc(Br)cc1)C1CC1. The van der Waals surface area contributed by atoms with Crippen LogP contribution in [0.25, 0.3) is 0 Å². The number of amides is 2. The molecule has 1 aliphatic rings. The van der Waals surface area contributed by atoms with E-state index in [0.717, 1.165) is 17.3 Å². The van der Waals surface area contributed by atoms with Gasteiger partial charge >= 0.3 is 5.97 Å². The number of nitrogens with one attached hydrogen (secondary N) is 1. The van der Waals surface area contributed by atoms with Crippen molar-refractivity contribution in [3.8, 4) is 0 Å². The van der Waals surface area contributed by atoms with Crippen LogP contribution in [0.3, 0.4) is 0 Å². The Morgan fingerprint density at radius 3 is 2.41 bits per heavy atom. The van der Waals surface area contributed by atoms with Gasteiger partial charge in [0.15, 0.2) is 0 Å². The lowest BCUT2D eigenvalue weighted by Gasteiger charge is -2.26. The van der Waals surface area contributed by atoms with Crippen LogP contribution in [0.4, 0.5) is 0 Å². The molecule has 1 saturated carbocycles. The van der Waals surface area contributed by atoms with Crippen LogP contribution in [0.15, 0.2) is 28.7 Å². The number of hydrogen-bond acceptors (Lipinski definition) is 3. The Morgan fingerprint density at radius 2 is 1.91 bits per heavy atom. The first-order valence-corrected chi connectivity index (χ1v) is 7.77. The maximum atomic E-state index is 12.2. The first-order valence-electron chi connectivity index (χ1n) is 6.98. The van der Waals surface area contributed by atoms with Crippen LogP contribution in [0.1, 0.15) is 30.1 Å². The van der Waals surface area contributed by atoms with Gasteiger partial charge in [-0.05, 0) is 44.0 Å². The Hall–Kier alpha value is -1.89. The third kappa shape index (κ3) is 4.07. The van der Waals surface area contributed by atoms with Crippen molar-refractivity contribution in [3.05, 3.63) is 34.3 Å². The summed E-state index contributed by atoms with van der Waals surface area (Å²) in [4.78, 5) is 36.6. The molecule has 2 rings (SSSR count). The van der Waals surface area contributed by atoms with Crippen molar-refractivity contribution >= 4 is 33.7 Å². The second-order valence-corrected chi connectivity index (χ2v) is 6.15. The summed E-state index contributed by atoms with van der Waals surface area (Å²) in [5.41, 5.74) is 0.445. The molecule has 2 amide bonds. The Labute approximate surface area is 136 Å². The molecule has 0 radical (unpaired) electrons. The van der Waals surface area contributed by atoms with Gasteiger partial charge < -0.3 is 15.3 Å².